The van der Waals surface area contributed by atoms with Gasteiger partial charge in [0.05, 0.1) is 6.61 Å². The Balaban J connectivity index is 2.49. The van der Waals surface area contributed by atoms with Gasteiger partial charge in [0.1, 0.15) is 5.75 Å². The molecule has 0 heterocycles. The van der Waals surface area contributed by atoms with Gasteiger partial charge in [-0.2, -0.15) is 0 Å². The molecule has 0 amide bonds. The number of benzene rings is 1. The molecule has 0 fully saturated rings. The number of hydrogen-bond acceptors (Lipinski definition) is 1. The van der Waals surface area contributed by atoms with Crippen LogP contribution in [0.2, 0.25) is 0 Å². The average Bonchev–Trinajstić information content (AvgIpc) is 2.46. The highest BCUT2D eigenvalue weighted by molar-refractivity contribution is 5.29. The third-order valence-electron chi connectivity index (χ3n) is 3.52. The van der Waals surface area contributed by atoms with Crippen LogP contribution in [0.5, 0.6) is 5.75 Å². The molecular formula is C18H28O. The van der Waals surface area contributed by atoms with Crippen molar-refractivity contribution in [1.29, 1.82) is 0 Å². The number of hydrogen-bond donors (Lipinski definition) is 0. The third-order valence-corrected chi connectivity index (χ3v) is 3.52. The first-order valence-electron chi connectivity index (χ1n) is 7.65. The zero-order valence-corrected chi connectivity index (χ0v) is 12.7. The van der Waals surface area contributed by atoms with E-state index in [-0.39, 0.29) is 0 Å². The van der Waals surface area contributed by atoms with Crippen LogP contribution in [-0.2, 0) is 0 Å². The molecule has 106 valence electrons. The molecule has 0 saturated heterocycles. The van der Waals surface area contributed by atoms with E-state index in [9.17, 15) is 0 Å². The third kappa shape index (κ3) is 5.96. The topological polar surface area (TPSA) is 9.23 Å². The monoisotopic (exact) mass is 260 g/mol. The zero-order chi connectivity index (χ0) is 13.9. The molecule has 1 atom stereocenters. The summed E-state index contributed by atoms with van der Waals surface area (Å²) in [5, 5.41) is 0. The Kier molecular flexibility index (Phi) is 8.04. The van der Waals surface area contributed by atoms with Crippen LogP contribution < -0.4 is 4.74 Å². The van der Waals surface area contributed by atoms with Gasteiger partial charge in [-0.3, -0.25) is 0 Å². The summed E-state index contributed by atoms with van der Waals surface area (Å²) < 4.78 is 5.74. The summed E-state index contributed by atoms with van der Waals surface area (Å²) in [6.07, 6.45) is 10.3. The van der Waals surface area contributed by atoms with E-state index in [2.05, 4.69) is 57.2 Å². The fourth-order valence-electron chi connectivity index (χ4n) is 2.22. The van der Waals surface area contributed by atoms with Crippen LogP contribution in [0, 0.1) is 0 Å². The van der Waals surface area contributed by atoms with E-state index in [1.165, 1.54) is 24.8 Å². The van der Waals surface area contributed by atoms with Crippen molar-refractivity contribution in [3.63, 3.8) is 0 Å². The van der Waals surface area contributed by atoms with Crippen molar-refractivity contribution in [3.8, 4) is 5.75 Å². The highest BCUT2D eigenvalue weighted by atomic mass is 16.5. The number of unbranched alkanes of at least 4 members (excludes halogenated alkanes) is 2. The molecule has 1 aromatic rings. The van der Waals surface area contributed by atoms with Gasteiger partial charge in [-0.15, -0.1) is 0 Å². The average molecular weight is 260 g/mol. The summed E-state index contributed by atoms with van der Waals surface area (Å²) in [4.78, 5) is 0. The van der Waals surface area contributed by atoms with Gasteiger partial charge in [0.2, 0.25) is 0 Å². The molecular weight excluding hydrogens is 232 g/mol. The molecule has 0 aliphatic heterocycles. The first-order valence-corrected chi connectivity index (χ1v) is 7.65. The van der Waals surface area contributed by atoms with Crippen molar-refractivity contribution in [2.75, 3.05) is 6.61 Å². The predicted molar refractivity (Wildman–Crippen MR) is 83.9 cm³/mol. The fourth-order valence-corrected chi connectivity index (χ4v) is 2.22. The van der Waals surface area contributed by atoms with Crippen molar-refractivity contribution in [3.05, 3.63) is 42.0 Å². The summed E-state index contributed by atoms with van der Waals surface area (Å²) in [5.41, 5.74) is 1.42. The van der Waals surface area contributed by atoms with E-state index >= 15 is 0 Å². The van der Waals surface area contributed by atoms with Gasteiger partial charge in [0.25, 0.3) is 0 Å². The molecule has 1 aromatic carbocycles. The van der Waals surface area contributed by atoms with E-state index in [1.54, 1.807) is 0 Å². The van der Waals surface area contributed by atoms with Crippen LogP contribution in [0.3, 0.4) is 0 Å². The molecule has 1 rings (SSSR count). The zero-order valence-electron chi connectivity index (χ0n) is 12.7. The first kappa shape index (κ1) is 15.8. The molecule has 0 radical (unpaired) electrons. The molecule has 0 aromatic heterocycles. The lowest BCUT2D eigenvalue weighted by molar-refractivity contribution is 0.306. The minimum atomic E-state index is 0.630. The quantitative estimate of drug-likeness (QED) is 0.408. The number of allylic oxidation sites excluding steroid dienone is 2. The normalized spacial score (nSPS) is 12.8. The largest absolute Gasteiger partial charge is 0.494 e. The smallest absolute Gasteiger partial charge is 0.119 e. The molecule has 1 nitrogen and oxygen atoms in total. The Morgan fingerprint density at radius 1 is 1.11 bits per heavy atom. The van der Waals surface area contributed by atoms with Crippen molar-refractivity contribution in [2.45, 2.75) is 58.8 Å². The molecule has 1 heteroatoms. The molecule has 0 aliphatic rings. The first-order chi connectivity index (χ1) is 9.31. The second-order valence-corrected chi connectivity index (χ2v) is 5.03. The Morgan fingerprint density at radius 3 is 2.42 bits per heavy atom. The summed E-state index contributed by atoms with van der Waals surface area (Å²) in [6.45, 7) is 7.39. The molecule has 0 aliphatic carbocycles. The second-order valence-electron chi connectivity index (χ2n) is 5.03. The maximum absolute atomic E-state index is 5.74. The van der Waals surface area contributed by atoms with Gasteiger partial charge in [-0.05, 0) is 49.8 Å². The lowest BCUT2D eigenvalue weighted by atomic mass is 9.93. The summed E-state index contributed by atoms with van der Waals surface area (Å²) in [5.74, 6) is 1.63. The van der Waals surface area contributed by atoms with Crippen LogP contribution in [0.25, 0.3) is 0 Å². The summed E-state index contributed by atoms with van der Waals surface area (Å²) >= 11 is 0. The SMILES string of the molecule is C/C=C\CC(CC)c1ccc(OCCCCC)cc1. The molecule has 1 unspecified atom stereocenters. The highest BCUT2D eigenvalue weighted by Crippen LogP contribution is 2.25. The Morgan fingerprint density at radius 2 is 1.84 bits per heavy atom. The molecule has 0 N–H and O–H groups in total. The van der Waals surface area contributed by atoms with Crippen LogP contribution in [0.15, 0.2) is 36.4 Å². The van der Waals surface area contributed by atoms with Crippen LogP contribution in [0.4, 0.5) is 0 Å². The lowest BCUT2D eigenvalue weighted by Crippen LogP contribution is -1.99. The molecule has 19 heavy (non-hydrogen) atoms. The van der Waals surface area contributed by atoms with Crippen LogP contribution in [-0.4, -0.2) is 6.61 Å². The summed E-state index contributed by atoms with van der Waals surface area (Å²) in [7, 11) is 0. The Hall–Kier alpha value is -1.24. The van der Waals surface area contributed by atoms with Gasteiger partial charge in [0, 0.05) is 0 Å². The van der Waals surface area contributed by atoms with Gasteiger partial charge < -0.3 is 4.74 Å². The number of ether oxygens (including phenoxy) is 1. The van der Waals surface area contributed by atoms with E-state index in [1.807, 2.05) is 0 Å². The van der Waals surface area contributed by atoms with Gasteiger partial charge in [-0.1, -0.05) is 51.0 Å². The van der Waals surface area contributed by atoms with E-state index < -0.39 is 0 Å². The van der Waals surface area contributed by atoms with Crippen LogP contribution in [0.1, 0.15) is 64.4 Å². The highest BCUT2D eigenvalue weighted by Gasteiger charge is 2.07. The molecule has 0 saturated carbocycles. The van der Waals surface area contributed by atoms with Crippen molar-refractivity contribution in [1.82, 2.24) is 0 Å². The Labute approximate surface area is 118 Å². The van der Waals surface area contributed by atoms with Crippen LogP contribution >= 0.6 is 0 Å². The minimum Gasteiger partial charge on any atom is -0.494 e. The minimum absolute atomic E-state index is 0.630. The van der Waals surface area contributed by atoms with Crippen molar-refractivity contribution >= 4 is 0 Å². The second kappa shape index (κ2) is 9.66. The maximum Gasteiger partial charge on any atom is 0.119 e. The standard InChI is InChI=1S/C18H28O/c1-4-7-9-15-19-18-13-11-17(12-14-18)16(6-3)10-8-5-2/h5,8,11-14,16H,4,6-7,9-10,15H2,1-3H3/b8-5-. The fraction of sp³-hybridized carbons (Fsp3) is 0.556. The van der Waals surface area contributed by atoms with E-state index in [4.69, 9.17) is 4.74 Å². The Bertz CT molecular complexity index is 350. The number of rotatable bonds is 9. The molecule has 0 bridgehead atoms. The lowest BCUT2D eigenvalue weighted by Gasteiger charge is -2.14. The maximum atomic E-state index is 5.74. The summed E-state index contributed by atoms with van der Waals surface area (Å²) in [6, 6.07) is 8.65. The van der Waals surface area contributed by atoms with E-state index in [0.717, 1.165) is 25.2 Å². The van der Waals surface area contributed by atoms with Gasteiger partial charge in [0.15, 0.2) is 0 Å². The van der Waals surface area contributed by atoms with E-state index in [0.29, 0.717) is 5.92 Å². The van der Waals surface area contributed by atoms with Crippen molar-refractivity contribution < 1.29 is 4.74 Å². The van der Waals surface area contributed by atoms with Crippen molar-refractivity contribution in [2.24, 2.45) is 0 Å². The molecule has 0 spiro atoms. The van der Waals surface area contributed by atoms with Gasteiger partial charge in [-0.25, -0.2) is 0 Å². The van der Waals surface area contributed by atoms with Gasteiger partial charge >= 0.3 is 0 Å². The predicted octanol–water partition coefficient (Wildman–Crippen LogP) is 5.72.